The minimum absolute atomic E-state index is 0.167. The van der Waals surface area contributed by atoms with Crippen LogP contribution in [0.2, 0.25) is 5.28 Å². The highest BCUT2D eigenvalue weighted by Crippen LogP contribution is 2.35. The van der Waals surface area contributed by atoms with Gasteiger partial charge in [-0.15, -0.1) is 0 Å². The standard InChI is InChI=1S/C13H11ClIN3O/c14-13-16-8-10(15)12(17-13)18-11(6-7-19-18)9-4-2-1-3-5-9/h1-5,8,11H,6-7H2. The van der Waals surface area contributed by atoms with Crippen molar-refractivity contribution in [3.8, 4) is 0 Å². The Hall–Kier alpha value is -0.920. The van der Waals surface area contributed by atoms with Crippen molar-refractivity contribution < 1.29 is 4.84 Å². The third-order valence-electron chi connectivity index (χ3n) is 2.99. The van der Waals surface area contributed by atoms with Crippen LogP contribution in [-0.2, 0) is 4.84 Å². The molecule has 98 valence electrons. The summed E-state index contributed by atoms with van der Waals surface area (Å²) in [6.07, 6.45) is 2.64. The molecule has 2 heterocycles. The summed E-state index contributed by atoms with van der Waals surface area (Å²) < 4.78 is 0.921. The van der Waals surface area contributed by atoms with Crippen LogP contribution < -0.4 is 5.06 Å². The maximum atomic E-state index is 5.88. The lowest BCUT2D eigenvalue weighted by atomic mass is 10.0. The lowest BCUT2D eigenvalue weighted by molar-refractivity contribution is 0.156. The predicted octanol–water partition coefficient (Wildman–Crippen LogP) is 3.62. The molecule has 0 aliphatic carbocycles. The molecule has 0 N–H and O–H groups in total. The Labute approximate surface area is 129 Å². The summed E-state index contributed by atoms with van der Waals surface area (Å²) in [6.45, 7) is 0.678. The van der Waals surface area contributed by atoms with Crippen LogP contribution in [-0.4, -0.2) is 16.6 Å². The van der Waals surface area contributed by atoms with Crippen molar-refractivity contribution in [3.05, 3.63) is 50.9 Å². The molecule has 0 spiro atoms. The average Bonchev–Trinajstić information content (AvgIpc) is 2.91. The second-order valence-corrected chi connectivity index (χ2v) is 5.69. The summed E-state index contributed by atoms with van der Waals surface area (Å²) in [4.78, 5) is 14.0. The first-order chi connectivity index (χ1) is 9.25. The van der Waals surface area contributed by atoms with E-state index in [0.29, 0.717) is 6.61 Å². The third kappa shape index (κ3) is 2.68. The number of hydrogen-bond acceptors (Lipinski definition) is 4. The van der Waals surface area contributed by atoms with Crippen LogP contribution in [0.5, 0.6) is 0 Å². The van der Waals surface area contributed by atoms with Crippen molar-refractivity contribution in [2.45, 2.75) is 12.5 Å². The molecule has 0 saturated carbocycles. The average molecular weight is 388 g/mol. The molecule has 1 aliphatic heterocycles. The Morgan fingerprint density at radius 1 is 1.32 bits per heavy atom. The maximum absolute atomic E-state index is 5.88. The van der Waals surface area contributed by atoms with Crippen molar-refractivity contribution in [1.82, 2.24) is 9.97 Å². The minimum atomic E-state index is 0.167. The smallest absolute Gasteiger partial charge is 0.224 e. The summed E-state index contributed by atoms with van der Waals surface area (Å²) in [5, 5.41) is 2.07. The van der Waals surface area contributed by atoms with Gasteiger partial charge >= 0.3 is 0 Å². The van der Waals surface area contributed by atoms with Gasteiger partial charge in [-0.05, 0) is 39.8 Å². The van der Waals surface area contributed by atoms with E-state index in [2.05, 4.69) is 44.7 Å². The Morgan fingerprint density at radius 2 is 2.11 bits per heavy atom. The Kier molecular flexibility index (Phi) is 3.86. The molecule has 1 saturated heterocycles. The van der Waals surface area contributed by atoms with Crippen molar-refractivity contribution in [1.29, 1.82) is 0 Å². The van der Waals surface area contributed by atoms with Crippen LogP contribution in [0.1, 0.15) is 18.0 Å². The molecule has 0 radical (unpaired) electrons. The number of nitrogens with zero attached hydrogens (tertiary/aromatic N) is 3. The molecule has 19 heavy (non-hydrogen) atoms. The molecule has 1 aromatic heterocycles. The van der Waals surface area contributed by atoms with Gasteiger partial charge in [-0.3, -0.25) is 4.84 Å². The quantitative estimate of drug-likeness (QED) is 0.583. The minimum Gasteiger partial charge on any atom is -0.271 e. The second-order valence-electron chi connectivity index (χ2n) is 4.18. The number of aromatic nitrogens is 2. The summed E-state index contributed by atoms with van der Waals surface area (Å²) in [6, 6.07) is 10.4. The van der Waals surface area contributed by atoms with Crippen LogP contribution in [0.25, 0.3) is 0 Å². The van der Waals surface area contributed by atoms with Gasteiger partial charge < -0.3 is 0 Å². The van der Waals surface area contributed by atoms with E-state index in [1.54, 1.807) is 6.20 Å². The van der Waals surface area contributed by atoms with Gasteiger partial charge in [0.2, 0.25) is 5.28 Å². The van der Waals surface area contributed by atoms with Crippen LogP contribution in [0.4, 0.5) is 5.82 Å². The molecule has 1 unspecified atom stereocenters. The molecule has 3 rings (SSSR count). The maximum Gasteiger partial charge on any atom is 0.224 e. The van der Waals surface area contributed by atoms with Gasteiger partial charge in [-0.2, -0.15) is 4.98 Å². The predicted molar refractivity (Wildman–Crippen MR) is 82.0 cm³/mol. The zero-order valence-corrected chi connectivity index (χ0v) is 12.9. The number of benzene rings is 1. The zero-order chi connectivity index (χ0) is 13.2. The van der Waals surface area contributed by atoms with Crippen LogP contribution in [0.15, 0.2) is 36.5 Å². The highest BCUT2D eigenvalue weighted by atomic mass is 127. The van der Waals surface area contributed by atoms with Gasteiger partial charge in [-0.1, -0.05) is 30.3 Å². The monoisotopic (exact) mass is 387 g/mol. The SMILES string of the molecule is Clc1ncc(I)c(N2OCCC2c2ccccc2)n1. The van der Waals surface area contributed by atoms with E-state index in [1.165, 1.54) is 5.56 Å². The number of halogens is 2. The fraction of sp³-hybridized carbons (Fsp3) is 0.231. The van der Waals surface area contributed by atoms with E-state index < -0.39 is 0 Å². The molecule has 1 aromatic carbocycles. The van der Waals surface area contributed by atoms with Crippen LogP contribution >= 0.6 is 34.2 Å². The number of hydroxylamine groups is 1. The topological polar surface area (TPSA) is 38.2 Å². The number of rotatable bonds is 2. The molecule has 0 bridgehead atoms. The van der Waals surface area contributed by atoms with Gasteiger partial charge in [0.1, 0.15) is 0 Å². The zero-order valence-electron chi connectivity index (χ0n) is 9.96. The first kappa shape index (κ1) is 13.1. The van der Waals surface area contributed by atoms with Crippen molar-refractivity contribution in [2.24, 2.45) is 0 Å². The molecule has 2 aromatic rings. The summed E-state index contributed by atoms with van der Waals surface area (Å²) in [7, 11) is 0. The van der Waals surface area contributed by atoms with E-state index in [9.17, 15) is 0 Å². The number of anilines is 1. The van der Waals surface area contributed by atoms with Crippen molar-refractivity contribution >= 4 is 40.0 Å². The highest BCUT2D eigenvalue weighted by molar-refractivity contribution is 14.1. The van der Waals surface area contributed by atoms with E-state index in [4.69, 9.17) is 16.4 Å². The Bertz CT molecular complexity index is 581. The second kappa shape index (κ2) is 5.60. The highest BCUT2D eigenvalue weighted by Gasteiger charge is 2.30. The molecule has 6 heteroatoms. The van der Waals surface area contributed by atoms with Crippen LogP contribution in [0, 0.1) is 3.57 Å². The number of hydrogen-bond donors (Lipinski definition) is 0. The molecule has 1 atom stereocenters. The Balaban J connectivity index is 1.97. The van der Waals surface area contributed by atoms with E-state index in [-0.39, 0.29) is 11.3 Å². The molecule has 4 nitrogen and oxygen atoms in total. The van der Waals surface area contributed by atoms with E-state index >= 15 is 0 Å². The summed E-state index contributed by atoms with van der Waals surface area (Å²) >= 11 is 8.07. The fourth-order valence-electron chi connectivity index (χ4n) is 2.15. The lowest BCUT2D eigenvalue weighted by Gasteiger charge is -2.24. The van der Waals surface area contributed by atoms with Gasteiger partial charge in [-0.25, -0.2) is 10.0 Å². The summed E-state index contributed by atoms with van der Waals surface area (Å²) in [5.41, 5.74) is 1.21. The molecule has 1 aliphatic rings. The van der Waals surface area contributed by atoms with Gasteiger partial charge in [0.25, 0.3) is 0 Å². The van der Waals surface area contributed by atoms with E-state index in [0.717, 1.165) is 15.8 Å². The normalized spacial score (nSPS) is 18.8. The van der Waals surface area contributed by atoms with Gasteiger partial charge in [0.05, 0.1) is 16.2 Å². The fourth-order valence-corrected chi connectivity index (χ4v) is 2.77. The third-order valence-corrected chi connectivity index (χ3v) is 3.94. The first-order valence-corrected chi connectivity index (χ1v) is 7.36. The van der Waals surface area contributed by atoms with Crippen molar-refractivity contribution in [2.75, 3.05) is 11.7 Å². The molecular formula is C13H11ClIN3O. The van der Waals surface area contributed by atoms with Crippen LogP contribution in [0.3, 0.4) is 0 Å². The summed E-state index contributed by atoms with van der Waals surface area (Å²) in [5.74, 6) is 0.729. The Morgan fingerprint density at radius 3 is 2.89 bits per heavy atom. The largest absolute Gasteiger partial charge is 0.271 e. The van der Waals surface area contributed by atoms with E-state index in [1.807, 2.05) is 23.3 Å². The molecule has 1 fully saturated rings. The lowest BCUT2D eigenvalue weighted by Crippen LogP contribution is -2.23. The molecular weight excluding hydrogens is 377 g/mol. The van der Waals surface area contributed by atoms with Gasteiger partial charge in [0, 0.05) is 12.6 Å². The van der Waals surface area contributed by atoms with Gasteiger partial charge in [0.15, 0.2) is 5.82 Å². The van der Waals surface area contributed by atoms with Crippen molar-refractivity contribution in [3.63, 3.8) is 0 Å². The molecule has 0 amide bonds. The first-order valence-electron chi connectivity index (χ1n) is 5.91.